The molecule has 0 aromatic heterocycles. The fraction of sp³-hybridized carbons (Fsp3) is 0.900. The van der Waals surface area contributed by atoms with Crippen LogP contribution in [0.5, 0.6) is 0 Å². The van der Waals surface area contributed by atoms with Crippen molar-refractivity contribution >= 4 is 6.09 Å². The minimum Gasteiger partial charge on any atom is -0.453 e. The fourth-order valence-electron chi connectivity index (χ4n) is 1.99. The molecule has 1 unspecified atom stereocenters. The first-order chi connectivity index (χ1) is 6.29. The van der Waals surface area contributed by atoms with Gasteiger partial charge in [-0.3, -0.25) is 0 Å². The zero-order chi connectivity index (χ0) is 9.68. The van der Waals surface area contributed by atoms with Gasteiger partial charge < -0.3 is 9.64 Å². The quantitative estimate of drug-likeness (QED) is 0.661. The van der Waals surface area contributed by atoms with Crippen LogP contribution in [0.2, 0.25) is 0 Å². The van der Waals surface area contributed by atoms with Gasteiger partial charge in [-0.15, -0.1) is 0 Å². The fourth-order valence-corrected chi connectivity index (χ4v) is 1.99. The first-order valence-corrected chi connectivity index (χ1v) is 5.14. The molecule has 0 radical (unpaired) electrons. The van der Waals surface area contributed by atoms with Gasteiger partial charge in [0.2, 0.25) is 0 Å². The summed E-state index contributed by atoms with van der Waals surface area (Å²) in [7, 11) is 1.46. The van der Waals surface area contributed by atoms with E-state index in [1.54, 1.807) is 0 Å². The highest BCUT2D eigenvalue weighted by Gasteiger charge is 2.26. The minimum absolute atomic E-state index is 0.154. The lowest BCUT2D eigenvalue weighted by Gasteiger charge is -2.34. The number of hydrogen-bond acceptors (Lipinski definition) is 2. The third-order valence-corrected chi connectivity index (χ3v) is 2.66. The smallest absolute Gasteiger partial charge is 0.409 e. The second-order valence-corrected chi connectivity index (χ2v) is 3.60. The molecule has 0 aromatic carbocycles. The number of hydrogen-bond donors (Lipinski definition) is 0. The van der Waals surface area contributed by atoms with E-state index in [1.807, 2.05) is 4.90 Å². The minimum atomic E-state index is -0.154. The molecule has 1 atom stereocenters. The summed E-state index contributed by atoms with van der Waals surface area (Å²) in [6.45, 7) is 3.03. The SMILES string of the molecule is CCCC1CCCCN1C(=O)OC. The van der Waals surface area contributed by atoms with Crippen LogP contribution in [0.3, 0.4) is 0 Å². The second-order valence-electron chi connectivity index (χ2n) is 3.60. The molecule has 0 aromatic rings. The Balaban J connectivity index is 2.50. The molecule has 1 heterocycles. The van der Waals surface area contributed by atoms with Crippen molar-refractivity contribution in [2.75, 3.05) is 13.7 Å². The Kier molecular flexibility index (Phi) is 4.06. The Bertz CT molecular complexity index is 168. The molecule has 0 saturated carbocycles. The first-order valence-electron chi connectivity index (χ1n) is 5.14. The first kappa shape index (κ1) is 10.4. The van der Waals surface area contributed by atoms with E-state index >= 15 is 0 Å². The zero-order valence-electron chi connectivity index (χ0n) is 8.58. The molecular weight excluding hydrogens is 166 g/mol. The Morgan fingerprint density at radius 2 is 2.31 bits per heavy atom. The van der Waals surface area contributed by atoms with Crippen molar-refractivity contribution < 1.29 is 9.53 Å². The van der Waals surface area contributed by atoms with E-state index in [-0.39, 0.29) is 6.09 Å². The molecule has 1 saturated heterocycles. The third-order valence-electron chi connectivity index (χ3n) is 2.66. The number of carbonyl (C=O) groups is 1. The molecule has 3 heteroatoms. The standard InChI is InChI=1S/C10H19NO2/c1-3-6-9-7-4-5-8-11(9)10(12)13-2/h9H,3-8H2,1-2H3. The summed E-state index contributed by atoms with van der Waals surface area (Å²) in [6, 6.07) is 0.422. The van der Waals surface area contributed by atoms with Crippen molar-refractivity contribution in [1.82, 2.24) is 4.90 Å². The van der Waals surface area contributed by atoms with Crippen molar-refractivity contribution in [1.29, 1.82) is 0 Å². The number of likely N-dealkylation sites (tertiary alicyclic amines) is 1. The number of methoxy groups -OCH3 is 1. The summed E-state index contributed by atoms with van der Waals surface area (Å²) in [5, 5.41) is 0. The van der Waals surface area contributed by atoms with Crippen LogP contribution in [-0.2, 0) is 4.74 Å². The second kappa shape index (κ2) is 5.10. The molecular formula is C10H19NO2. The molecule has 76 valence electrons. The predicted molar refractivity (Wildman–Crippen MR) is 51.7 cm³/mol. The summed E-state index contributed by atoms with van der Waals surface area (Å²) >= 11 is 0. The number of piperidine rings is 1. The Hall–Kier alpha value is -0.730. The van der Waals surface area contributed by atoms with E-state index in [0.29, 0.717) is 6.04 Å². The Morgan fingerprint density at radius 1 is 1.54 bits per heavy atom. The van der Waals surface area contributed by atoms with Crippen LogP contribution >= 0.6 is 0 Å². The summed E-state index contributed by atoms with van der Waals surface area (Å²) in [5.74, 6) is 0. The molecule has 0 spiro atoms. The van der Waals surface area contributed by atoms with Crippen molar-refractivity contribution in [3.63, 3.8) is 0 Å². The van der Waals surface area contributed by atoms with Gasteiger partial charge in [0.15, 0.2) is 0 Å². The van der Waals surface area contributed by atoms with Crippen molar-refractivity contribution in [2.24, 2.45) is 0 Å². The maximum absolute atomic E-state index is 11.4. The third kappa shape index (κ3) is 2.61. The highest BCUT2D eigenvalue weighted by Crippen LogP contribution is 2.21. The van der Waals surface area contributed by atoms with Gasteiger partial charge in [0, 0.05) is 12.6 Å². The molecule has 1 aliphatic rings. The molecule has 0 N–H and O–H groups in total. The van der Waals surface area contributed by atoms with Crippen LogP contribution in [0.15, 0.2) is 0 Å². The largest absolute Gasteiger partial charge is 0.453 e. The monoisotopic (exact) mass is 185 g/mol. The molecule has 13 heavy (non-hydrogen) atoms. The van der Waals surface area contributed by atoms with Crippen LogP contribution < -0.4 is 0 Å². The predicted octanol–water partition coefficient (Wildman–Crippen LogP) is 2.41. The van der Waals surface area contributed by atoms with Gasteiger partial charge in [0.1, 0.15) is 0 Å². The average molecular weight is 185 g/mol. The van der Waals surface area contributed by atoms with Gasteiger partial charge in [0.05, 0.1) is 7.11 Å². The number of amides is 1. The van der Waals surface area contributed by atoms with Crippen LogP contribution in [0.1, 0.15) is 39.0 Å². The van der Waals surface area contributed by atoms with Gasteiger partial charge in [0.25, 0.3) is 0 Å². The van der Waals surface area contributed by atoms with E-state index in [4.69, 9.17) is 4.74 Å². The lowest BCUT2D eigenvalue weighted by molar-refractivity contribution is 0.0867. The number of rotatable bonds is 2. The van der Waals surface area contributed by atoms with E-state index < -0.39 is 0 Å². The van der Waals surface area contributed by atoms with Crippen molar-refractivity contribution in [2.45, 2.75) is 45.1 Å². The van der Waals surface area contributed by atoms with Gasteiger partial charge in [-0.2, -0.15) is 0 Å². The average Bonchev–Trinajstić information content (AvgIpc) is 2.18. The molecule has 3 nitrogen and oxygen atoms in total. The topological polar surface area (TPSA) is 29.5 Å². The van der Waals surface area contributed by atoms with Gasteiger partial charge in [-0.05, 0) is 25.7 Å². The van der Waals surface area contributed by atoms with Crippen LogP contribution in [0.25, 0.3) is 0 Å². The van der Waals surface area contributed by atoms with Crippen LogP contribution in [0, 0.1) is 0 Å². The van der Waals surface area contributed by atoms with E-state index in [0.717, 1.165) is 32.2 Å². The lowest BCUT2D eigenvalue weighted by Crippen LogP contribution is -2.43. The van der Waals surface area contributed by atoms with Gasteiger partial charge >= 0.3 is 6.09 Å². The molecule has 0 bridgehead atoms. The van der Waals surface area contributed by atoms with Crippen LogP contribution in [-0.4, -0.2) is 30.7 Å². The molecule has 1 fully saturated rings. The Morgan fingerprint density at radius 3 is 2.92 bits per heavy atom. The molecule has 1 rings (SSSR count). The Labute approximate surface area is 80.1 Å². The maximum Gasteiger partial charge on any atom is 0.409 e. The van der Waals surface area contributed by atoms with E-state index in [1.165, 1.54) is 13.5 Å². The summed E-state index contributed by atoms with van der Waals surface area (Å²) in [4.78, 5) is 13.2. The van der Waals surface area contributed by atoms with E-state index in [2.05, 4.69) is 6.92 Å². The van der Waals surface area contributed by atoms with Crippen molar-refractivity contribution in [3.05, 3.63) is 0 Å². The normalized spacial score (nSPS) is 22.9. The van der Waals surface area contributed by atoms with E-state index in [9.17, 15) is 4.79 Å². The molecule has 0 aliphatic carbocycles. The number of ether oxygens (including phenoxy) is 1. The number of nitrogens with zero attached hydrogens (tertiary/aromatic N) is 1. The molecule has 1 amide bonds. The summed E-state index contributed by atoms with van der Waals surface area (Å²) in [6.07, 6.45) is 5.60. The van der Waals surface area contributed by atoms with Crippen LogP contribution in [0.4, 0.5) is 4.79 Å². The lowest BCUT2D eigenvalue weighted by atomic mass is 9.99. The molecule has 1 aliphatic heterocycles. The maximum atomic E-state index is 11.4. The van der Waals surface area contributed by atoms with Crippen molar-refractivity contribution in [3.8, 4) is 0 Å². The van der Waals surface area contributed by atoms with Gasteiger partial charge in [-0.1, -0.05) is 13.3 Å². The highest BCUT2D eigenvalue weighted by molar-refractivity contribution is 5.67. The highest BCUT2D eigenvalue weighted by atomic mass is 16.5. The summed E-state index contributed by atoms with van der Waals surface area (Å²) < 4.78 is 4.75. The van der Waals surface area contributed by atoms with Gasteiger partial charge in [-0.25, -0.2) is 4.79 Å². The zero-order valence-corrected chi connectivity index (χ0v) is 8.58. The number of carbonyl (C=O) groups excluding carboxylic acids is 1. The summed E-state index contributed by atoms with van der Waals surface area (Å²) in [5.41, 5.74) is 0.